The third-order valence-corrected chi connectivity index (χ3v) is 12.5. The molecule has 69 heavy (non-hydrogen) atoms. The van der Waals surface area contributed by atoms with Crippen molar-refractivity contribution in [2.45, 2.75) is 250 Å². The Bertz CT molecular complexity index is 1470. The molecule has 1 aliphatic heterocycles. The zero-order valence-electron chi connectivity index (χ0n) is 43.1. The molecule has 1 saturated heterocycles. The van der Waals surface area contributed by atoms with Gasteiger partial charge in [0, 0.05) is 13.0 Å². The molecule has 0 aromatic heterocycles. The van der Waals surface area contributed by atoms with Crippen molar-refractivity contribution in [3.05, 3.63) is 72.9 Å². The van der Waals surface area contributed by atoms with E-state index in [1.54, 1.807) is 0 Å². The molecular weight excluding hydrogens is 897 g/mol. The molecule has 0 bridgehead atoms. The summed E-state index contributed by atoms with van der Waals surface area (Å²) in [5.74, 6) is -0.412. The van der Waals surface area contributed by atoms with Crippen molar-refractivity contribution in [2.24, 2.45) is 0 Å². The Morgan fingerprint density at radius 1 is 0.565 bits per heavy atom. The van der Waals surface area contributed by atoms with Crippen molar-refractivity contribution in [1.82, 2.24) is 0 Å². The molecular formula is C56H98O12S. The Labute approximate surface area is 420 Å². The lowest BCUT2D eigenvalue weighted by atomic mass is 9.99. The average Bonchev–Trinajstić information content (AvgIpc) is 3.32. The van der Waals surface area contributed by atoms with Gasteiger partial charge in [-0.15, -0.1) is 0 Å². The zero-order chi connectivity index (χ0) is 50.3. The van der Waals surface area contributed by atoms with E-state index in [0.717, 1.165) is 83.5 Å². The minimum Gasteiger partial charge on any atom is -0.457 e. The Hall–Kier alpha value is -2.46. The summed E-state index contributed by atoms with van der Waals surface area (Å²) in [6.07, 6.45) is 52.1. The molecule has 0 radical (unpaired) electrons. The summed E-state index contributed by atoms with van der Waals surface area (Å²) in [6, 6.07) is 0. The summed E-state index contributed by atoms with van der Waals surface area (Å²) in [5.41, 5.74) is 0. The third-order valence-electron chi connectivity index (χ3n) is 12.1. The van der Waals surface area contributed by atoms with Crippen LogP contribution in [0.1, 0.15) is 213 Å². The fourth-order valence-corrected chi connectivity index (χ4v) is 8.50. The smallest absolute Gasteiger partial charge is 0.397 e. The SMILES string of the molecule is CC/C=C\C/C=C\C/C=C\C/C=C\C/C=C\CCCCCCCCCC(=O)OC(COCCCCCCCCCC/C=C\CCCCCCCCC)COC1OC(CO)C(O)C(OS(=O)(=O)O)C1O. The van der Waals surface area contributed by atoms with Crippen molar-refractivity contribution in [3.63, 3.8) is 0 Å². The van der Waals surface area contributed by atoms with Crippen molar-refractivity contribution in [2.75, 3.05) is 26.4 Å². The molecule has 6 unspecified atom stereocenters. The highest BCUT2D eigenvalue weighted by atomic mass is 32.3. The van der Waals surface area contributed by atoms with E-state index in [2.05, 4.69) is 90.9 Å². The number of carbonyl (C=O) groups excluding carboxylic acids is 1. The number of allylic oxidation sites excluding steroid dienone is 12. The minimum absolute atomic E-state index is 0.0265. The molecule has 0 aliphatic carbocycles. The van der Waals surface area contributed by atoms with Gasteiger partial charge in [0.15, 0.2) is 6.29 Å². The van der Waals surface area contributed by atoms with Gasteiger partial charge >= 0.3 is 16.4 Å². The van der Waals surface area contributed by atoms with Crippen molar-refractivity contribution >= 4 is 16.4 Å². The van der Waals surface area contributed by atoms with E-state index in [0.29, 0.717) is 13.0 Å². The molecule has 4 N–H and O–H groups in total. The number of unbranched alkanes of at least 4 members (excludes halogenated alkanes) is 22. The van der Waals surface area contributed by atoms with Crippen LogP contribution in [0.5, 0.6) is 0 Å². The van der Waals surface area contributed by atoms with E-state index < -0.39 is 59.8 Å². The van der Waals surface area contributed by atoms with E-state index in [-0.39, 0.29) is 19.6 Å². The van der Waals surface area contributed by atoms with Gasteiger partial charge in [0.25, 0.3) is 0 Å². The maximum Gasteiger partial charge on any atom is 0.397 e. The molecule has 6 atom stereocenters. The topological polar surface area (TPSA) is 178 Å². The van der Waals surface area contributed by atoms with E-state index in [9.17, 15) is 33.1 Å². The summed E-state index contributed by atoms with van der Waals surface area (Å²) in [7, 11) is -5.07. The normalized spacial score (nSPS) is 19.8. The Morgan fingerprint density at radius 3 is 1.48 bits per heavy atom. The maximum atomic E-state index is 12.9. The number of esters is 1. The summed E-state index contributed by atoms with van der Waals surface area (Å²) >= 11 is 0. The van der Waals surface area contributed by atoms with Gasteiger partial charge in [-0.25, -0.2) is 4.18 Å². The first-order valence-electron chi connectivity index (χ1n) is 27.2. The van der Waals surface area contributed by atoms with Gasteiger partial charge in [0.05, 0.1) is 19.8 Å². The molecule has 1 heterocycles. The van der Waals surface area contributed by atoms with Gasteiger partial charge in [-0.3, -0.25) is 9.35 Å². The fraction of sp³-hybridized carbons (Fsp3) is 0.768. The highest BCUT2D eigenvalue weighted by Gasteiger charge is 2.48. The number of rotatable bonds is 47. The van der Waals surface area contributed by atoms with E-state index in [1.165, 1.54) is 103 Å². The number of aliphatic hydroxyl groups is 3. The van der Waals surface area contributed by atoms with Gasteiger partial charge in [0.2, 0.25) is 0 Å². The molecule has 400 valence electrons. The highest BCUT2D eigenvalue weighted by molar-refractivity contribution is 7.80. The predicted octanol–water partition coefficient (Wildman–Crippen LogP) is 13.0. The van der Waals surface area contributed by atoms with Crippen LogP contribution >= 0.6 is 0 Å². The molecule has 0 amide bonds. The van der Waals surface area contributed by atoms with Gasteiger partial charge in [-0.05, 0) is 83.5 Å². The van der Waals surface area contributed by atoms with E-state index in [4.69, 9.17) is 18.9 Å². The van der Waals surface area contributed by atoms with Crippen LogP contribution in [-0.4, -0.2) is 97.5 Å². The second kappa shape index (κ2) is 46.6. The zero-order valence-corrected chi connectivity index (χ0v) is 43.9. The molecule has 0 aromatic rings. The number of hydrogen-bond donors (Lipinski definition) is 4. The Kier molecular flexibility index (Phi) is 43.6. The van der Waals surface area contributed by atoms with Crippen molar-refractivity contribution in [3.8, 4) is 0 Å². The predicted molar refractivity (Wildman–Crippen MR) is 280 cm³/mol. The van der Waals surface area contributed by atoms with E-state index in [1.807, 2.05) is 0 Å². The third kappa shape index (κ3) is 39.8. The first kappa shape index (κ1) is 64.6. The van der Waals surface area contributed by atoms with Crippen LogP contribution in [0.25, 0.3) is 0 Å². The Morgan fingerprint density at radius 2 is 1.00 bits per heavy atom. The van der Waals surface area contributed by atoms with Gasteiger partial charge in [-0.1, -0.05) is 196 Å². The van der Waals surface area contributed by atoms with Crippen molar-refractivity contribution < 1.29 is 56.2 Å². The highest BCUT2D eigenvalue weighted by Crippen LogP contribution is 2.26. The summed E-state index contributed by atoms with van der Waals surface area (Å²) in [5, 5.41) is 30.8. The monoisotopic (exact) mass is 995 g/mol. The second-order valence-electron chi connectivity index (χ2n) is 18.4. The quantitative estimate of drug-likeness (QED) is 0.0197. The fourth-order valence-electron chi connectivity index (χ4n) is 7.99. The average molecular weight is 995 g/mol. The molecule has 13 heteroatoms. The van der Waals surface area contributed by atoms with Crippen molar-refractivity contribution in [1.29, 1.82) is 0 Å². The molecule has 1 rings (SSSR count). The molecule has 1 fully saturated rings. The van der Waals surface area contributed by atoms with Crippen LogP contribution in [0.15, 0.2) is 72.9 Å². The van der Waals surface area contributed by atoms with Gasteiger partial charge in [0.1, 0.15) is 30.5 Å². The number of aliphatic hydroxyl groups excluding tert-OH is 3. The van der Waals surface area contributed by atoms with Crippen LogP contribution < -0.4 is 0 Å². The van der Waals surface area contributed by atoms with Crippen LogP contribution in [0, 0.1) is 0 Å². The number of ether oxygens (including phenoxy) is 4. The summed E-state index contributed by atoms with van der Waals surface area (Å²) in [6.45, 7) is 3.87. The van der Waals surface area contributed by atoms with Crippen LogP contribution in [0.2, 0.25) is 0 Å². The minimum atomic E-state index is -5.07. The lowest BCUT2D eigenvalue weighted by Gasteiger charge is -2.41. The van der Waals surface area contributed by atoms with Crippen LogP contribution in [-0.2, 0) is 38.3 Å². The van der Waals surface area contributed by atoms with Gasteiger partial charge < -0.3 is 34.3 Å². The van der Waals surface area contributed by atoms with E-state index >= 15 is 0 Å². The summed E-state index contributed by atoms with van der Waals surface area (Å²) < 4.78 is 59.3. The number of hydrogen-bond acceptors (Lipinski definition) is 11. The first-order chi connectivity index (χ1) is 33.6. The first-order valence-corrected chi connectivity index (χ1v) is 28.6. The molecule has 0 saturated carbocycles. The molecule has 0 aromatic carbocycles. The van der Waals surface area contributed by atoms with Gasteiger partial charge in [-0.2, -0.15) is 8.42 Å². The number of carbonyl (C=O) groups is 1. The Balaban J connectivity index is 2.35. The largest absolute Gasteiger partial charge is 0.457 e. The lowest BCUT2D eigenvalue weighted by molar-refractivity contribution is -0.301. The second-order valence-corrected chi connectivity index (χ2v) is 19.5. The molecule has 12 nitrogen and oxygen atoms in total. The molecule has 1 aliphatic rings. The molecule has 0 spiro atoms. The van der Waals surface area contributed by atoms with Crippen LogP contribution in [0.3, 0.4) is 0 Å². The van der Waals surface area contributed by atoms with Crippen LogP contribution in [0.4, 0.5) is 0 Å². The standard InChI is InChI=1S/C56H98O12S/c1-3-5-7-9-11-13-15-17-19-21-23-24-25-26-27-29-31-33-35-37-39-41-43-45-52(58)66-50(49-65-56-54(60)55(68-69(61,62)63)53(59)51(47-57)67-56)48-64-46-44-42-40-38-36-34-32-30-28-22-20-18-16-14-12-10-8-6-4-2/h5,7,11,13,17,19-20,22-24,26-27,50-51,53-57,59-60H,3-4,6,8-10,12,14-16,18,21,25,28-49H2,1-2H3,(H,61,62,63)/b7-5-,13-11-,19-17-,22-20-,24-23-,27-26-. The lowest BCUT2D eigenvalue weighted by Crippen LogP contribution is -2.60. The maximum absolute atomic E-state index is 12.9. The summed E-state index contributed by atoms with van der Waals surface area (Å²) in [4.78, 5) is 12.9.